The van der Waals surface area contributed by atoms with E-state index >= 15 is 0 Å². The van der Waals surface area contributed by atoms with E-state index in [4.69, 9.17) is 23.2 Å². The largest absolute Gasteiger partial charge is 0.324 e. The molecule has 2 rings (SSSR count). The van der Waals surface area contributed by atoms with Gasteiger partial charge in [-0.1, -0.05) is 43.1 Å². The Hall–Kier alpha value is -0.770. The maximum absolute atomic E-state index is 12.1. The van der Waals surface area contributed by atoms with Crippen molar-refractivity contribution in [3.05, 3.63) is 28.2 Å². The molecule has 1 aliphatic rings. The molecule has 1 fully saturated rings. The van der Waals surface area contributed by atoms with Gasteiger partial charge in [0, 0.05) is 13.1 Å². The third-order valence-corrected chi connectivity index (χ3v) is 4.36. The Balaban J connectivity index is 1.94. The van der Waals surface area contributed by atoms with Gasteiger partial charge in [-0.3, -0.25) is 9.69 Å². The highest BCUT2D eigenvalue weighted by molar-refractivity contribution is 6.43. The molecule has 1 aromatic carbocycles. The molecule has 0 aromatic heterocycles. The first kappa shape index (κ1) is 15.6. The number of nitrogens with zero attached hydrogens (tertiary/aromatic N) is 1. The summed E-state index contributed by atoms with van der Waals surface area (Å²) < 4.78 is 0. The van der Waals surface area contributed by atoms with Crippen molar-refractivity contribution in [1.29, 1.82) is 0 Å². The summed E-state index contributed by atoms with van der Waals surface area (Å²) in [5, 5.41) is 3.67. The average Bonchev–Trinajstić information content (AvgIpc) is 2.33. The molecule has 1 amide bonds. The van der Waals surface area contributed by atoms with Crippen LogP contribution in [-0.4, -0.2) is 30.4 Å². The second-order valence-electron chi connectivity index (χ2n) is 5.79. The molecular formula is C15H20Cl2N2O. The highest BCUT2D eigenvalue weighted by Crippen LogP contribution is 2.29. The van der Waals surface area contributed by atoms with Crippen molar-refractivity contribution < 1.29 is 4.79 Å². The lowest BCUT2D eigenvalue weighted by atomic mass is 9.92. The van der Waals surface area contributed by atoms with Crippen molar-refractivity contribution in [2.24, 2.45) is 11.8 Å². The Morgan fingerprint density at radius 3 is 2.60 bits per heavy atom. The number of piperidine rings is 1. The Morgan fingerprint density at radius 1 is 1.30 bits per heavy atom. The Kier molecular flexibility index (Phi) is 5.30. The molecule has 0 spiro atoms. The van der Waals surface area contributed by atoms with Crippen LogP contribution in [0.3, 0.4) is 0 Å². The highest BCUT2D eigenvalue weighted by atomic mass is 35.5. The molecule has 5 heteroatoms. The Morgan fingerprint density at radius 2 is 1.95 bits per heavy atom. The summed E-state index contributed by atoms with van der Waals surface area (Å²) in [6, 6.07) is 5.23. The van der Waals surface area contributed by atoms with Crippen LogP contribution in [0.2, 0.25) is 10.0 Å². The van der Waals surface area contributed by atoms with Crippen LogP contribution in [0.1, 0.15) is 20.3 Å². The van der Waals surface area contributed by atoms with Crippen LogP contribution in [0.15, 0.2) is 18.2 Å². The molecule has 110 valence electrons. The number of carbonyl (C=O) groups is 1. The van der Waals surface area contributed by atoms with Gasteiger partial charge in [0.25, 0.3) is 0 Å². The van der Waals surface area contributed by atoms with Crippen LogP contribution in [0, 0.1) is 11.8 Å². The van der Waals surface area contributed by atoms with Crippen LogP contribution in [-0.2, 0) is 4.79 Å². The van der Waals surface area contributed by atoms with E-state index in [0.717, 1.165) is 13.1 Å². The van der Waals surface area contributed by atoms with Gasteiger partial charge in [-0.25, -0.2) is 0 Å². The van der Waals surface area contributed by atoms with Crippen LogP contribution < -0.4 is 5.32 Å². The van der Waals surface area contributed by atoms with E-state index in [9.17, 15) is 4.79 Å². The van der Waals surface area contributed by atoms with Crippen LogP contribution in [0.5, 0.6) is 0 Å². The molecule has 0 bridgehead atoms. The van der Waals surface area contributed by atoms with Crippen molar-refractivity contribution in [2.75, 3.05) is 25.0 Å². The second-order valence-corrected chi connectivity index (χ2v) is 6.57. The molecule has 1 heterocycles. The van der Waals surface area contributed by atoms with Crippen molar-refractivity contribution in [3.63, 3.8) is 0 Å². The first-order chi connectivity index (χ1) is 9.45. The van der Waals surface area contributed by atoms with E-state index in [1.807, 2.05) is 0 Å². The normalized spacial score (nSPS) is 23.6. The molecular weight excluding hydrogens is 295 g/mol. The van der Waals surface area contributed by atoms with E-state index in [0.29, 0.717) is 34.1 Å². The van der Waals surface area contributed by atoms with E-state index in [1.165, 1.54) is 6.42 Å². The zero-order valence-corrected chi connectivity index (χ0v) is 13.3. The first-order valence-electron chi connectivity index (χ1n) is 6.92. The molecule has 0 saturated carbocycles. The molecule has 0 aliphatic carbocycles. The van der Waals surface area contributed by atoms with E-state index in [1.54, 1.807) is 18.2 Å². The Labute approximate surface area is 130 Å². The molecule has 2 atom stereocenters. The van der Waals surface area contributed by atoms with Gasteiger partial charge in [0.2, 0.25) is 5.91 Å². The molecule has 1 N–H and O–H groups in total. The third-order valence-electron chi connectivity index (χ3n) is 3.54. The lowest BCUT2D eigenvalue weighted by Gasteiger charge is -2.34. The number of hydrogen-bond acceptors (Lipinski definition) is 2. The minimum absolute atomic E-state index is 0.0459. The molecule has 1 aliphatic heterocycles. The number of rotatable bonds is 3. The van der Waals surface area contributed by atoms with Crippen LogP contribution in [0.4, 0.5) is 5.69 Å². The van der Waals surface area contributed by atoms with Crippen molar-refractivity contribution in [1.82, 2.24) is 4.90 Å². The summed E-state index contributed by atoms with van der Waals surface area (Å²) in [6.07, 6.45) is 1.23. The SMILES string of the molecule is C[C@@H]1C[C@H](C)CN(CC(=O)Nc2cccc(Cl)c2Cl)C1. The number of carbonyl (C=O) groups excluding carboxylic acids is 1. The fourth-order valence-corrected chi connectivity index (χ4v) is 3.26. The number of amides is 1. The molecule has 3 nitrogen and oxygen atoms in total. The summed E-state index contributed by atoms with van der Waals surface area (Å²) in [7, 11) is 0. The number of nitrogens with one attached hydrogen (secondary N) is 1. The quantitative estimate of drug-likeness (QED) is 0.917. The molecule has 20 heavy (non-hydrogen) atoms. The fourth-order valence-electron chi connectivity index (χ4n) is 2.91. The fraction of sp³-hybridized carbons (Fsp3) is 0.533. The number of likely N-dealkylation sites (tertiary alicyclic amines) is 1. The number of anilines is 1. The van der Waals surface area contributed by atoms with Crippen molar-refractivity contribution in [3.8, 4) is 0 Å². The maximum atomic E-state index is 12.1. The lowest BCUT2D eigenvalue weighted by molar-refractivity contribution is -0.117. The van der Waals surface area contributed by atoms with Crippen molar-refractivity contribution >= 4 is 34.8 Å². The van der Waals surface area contributed by atoms with Gasteiger partial charge in [0.1, 0.15) is 0 Å². The van der Waals surface area contributed by atoms with Crippen molar-refractivity contribution in [2.45, 2.75) is 20.3 Å². The molecule has 1 aromatic rings. The maximum Gasteiger partial charge on any atom is 0.238 e. The summed E-state index contributed by atoms with van der Waals surface area (Å²) >= 11 is 12.0. The number of halogens is 2. The Bertz CT molecular complexity index is 483. The summed E-state index contributed by atoms with van der Waals surface area (Å²) in [4.78, 5) is 14.3. The molecule has 0 unspecified atom stereocenters. The monoisotopic (exact) mass is 314 g/mol. The van der Waals surface area contributed by atoms with Gasteiger partial charge in [-0.15, -0.1) is 0 Å². The first-order valence-corrected chi connectivity index (χ1v) is 7.67. The minimum Gasteiger partial charge on any atom is -0.324 e. The van der Waals surface area contributed by atoms with E-state index < -0.39 is 0 Å². The smallest absolute Gasteiger partial charge is 0.238 e. The standard InChI is InChI=1S/C15H20Cl2N2O/c1-10-6-11(2)8-19(7-10)9-14(20)18-13-5-3-4-12(16)15(13)17/h3-5,10-11H,6-9H2,1-2H3,(H,18,20)/t10-,11+. The van der Waals surface area contributed by atoms with Gasteiger partial charge in [0.15, 0.2) is 0 Å². The number of hydrogen-bond donors (Lipinski definition) is 1. The van der Waals surface area contributed by atoms with Gasteiger partial charge >= 0.3 is 0 Å². The van der Waals surface area contributed by atoms with Crippen LogP contribution >= 0.6 is 23.2 Å². The topological polar surface area (TPSA) is 32.3 Å². The predicted octanol–water partition coefficient (Wildman–Crippen LogP) is 3.91. The van der Waals surface area contributed by atoms with E-state index in [-0.39, 0.29) is 5.91 Å². The third kappa shape index (κ3) is 4.11. The highest BCUT2D eigenvalue weighted by Gasteiger charge is 2.23. The second kappa shape index (κ2) is 6.79. The van der Waals surface area contributed by atoms with E-state index in [2.05, 4.69) is 24.1 Å². The lowest BCUT2D eigenvalue weighted by Crippen LogP contribution is -2.42. The zero-order chi connectivity index (χ0) is 14.7. The summed E-state index contributed by atoms with van der Waals surface area (Å²) in [6.45, 7) is 6.81. The summed E-state index contributed by atoms with van der Waals surface area (Å²) in [5.41, 5.74) is 0.572. The van der Waals surface area contributed by atoms with Gasteiger partial charge < -0.3 is 5.32 Å². The summed E-state index contributed by atoms with van der Waals surface area (Å²) in [5.74, 6) is 1.23. The molecule has 1 saturated heterocycles. The van der Waals surface area contributed by atoms with Gasteiger partial charge in [-0.2, -0.15) is 0 Å². The minimum atomic E-state index is -0.0459. The van der Waals surface area contributed by atoms with Gasteiger partial charge in [0.05, 0.1) is 22.3 Å². The van der Waals surface area contributed by atoms with Crippen LogP contribution in [0.25, 0.3) is 0 Å². The average molecular weight is 315 g/mol. The zero-order valence-electron chi connectivity index (χ0n) is 11.8. The number of benzene rings is 1. The molecule has 0 radical (unpaired) electrons. The van der Waals surface area contributed by atoms with Gasteiger partial charge in [-0.05, 0) is 30.4 Å². The predicted molar refractivity (Wildman–Crippen MR) is 84.5 cm³/mol.